The molecule has 0 aliphatic carbocycles. The lowest BCUT2D eigenvalue weighted by atomic mass is 10.1. The summed E-state index contributed by atoms with van der Waals surface area (Å²) in [5.74, 6) is -0.807. The van der Waals surface area contributed by atoms with Crippen LogP contribution in [0.1, 0.15) is 27.2 Å². The van der Waals surface area contributed by atoms with Crippen LogP contribution in [0.3, 0.4) is 0 Å². The second-order valence-electron chi connectivity index (χ2n) is 7.30. The van der Waals surface area contributed by atoms with Gasteiger partial charge in [0.2, 0.25) is 0 Å². The van der Waals surface area contributed by atoms with Crippen LogP contribution in [-0.4, -0.2) is 20.9 Å². The molecule has 5 nitrogen and oxygen atoms in total. The van der Waals surface area contributed by atoms with Crippen LogP contribution in [-0.2, 0) is 19.4 Å². The molecule has 0 aliphatic heterocycles. The molecule has 3 aromatic carbocycles. The summed E-state index contributed by atoms with van der Waals surface area (Å²) in [4.78, 5) is 11.5. The Labute approximate surface area is 179 Å². The molecule has 2 N–H and O–H groups in total. The number of nitrogens with one attached hydrogen (secondary N) is 1. The van der Waals surface area contributed by atoms with E-state index in [-0.39, 0.29) is 5.82 Å². The van der Waals surface area contributed by atoms with Gasteiger partial charge in [0.25, 0.3) is 5.91 Å². The molecule has 0 saturated carbocycles. The first-order valence-electron chi connectivity index (χ1n) is 10.0. The van der Waals surface area contributed by atoms with E-state index < -0.39 is 5.91 Å². The van der Waals surface area contributed by atoms with Crippen molar-refractivity contribution in [3.05, 3.63) is 113 Å². The number of aromatic nitrogens is 2. The molecule has 4 aromatic rings. The van der Waals surface area contributed by atoms with Gasteiger partial charge >= 0.3 is 0 Å². The lowest BCUT2D eigenvalue weighted by molar-refractivity contribution is 0.0706. The molecular weight excluding hydrogens is 393 g/mol. The SMILES string of the molecule is O=C(NO)c1ccc(CCn2nc(-c3ccc(F)cc3)cc2Cc2ccccc2)cc1. The molecule has 0 bridgehead atoms. The largest absolute Gasteiger partial charge is 0.288 e. The monoisotopic (exact) mass is 415 g/mol. The van der Waals surface area contributed by atoms with Crippen LogP contribution < -0.4 is 5.48 Å². The minimum absolute atomic E-state index is 0.272. The van der Waals surface area contributed by atoms with Gasteiger partial charge in [-0.05, 0) is 60.0 Å². The minimum atomic E-state index is -0.535. The number of carbonyl (C=O) groups excluding carboxylic acids is 1. The van der Waals surface area contributed by atoms with Gasteiger partial charge < -0.3 is 0 Å². The number of hydrogen-bond donors (Lipinski definition) is 2. The van der Waals surface area contributed by atoms with Crippen LogP contribution in [0.2, 0.25) is 0 Å². The zero-order valence-electron chi connectivity index (χ0n) is 16.8. The predicted octanol–water partition coefficient (Wildman–Crippen LogP) is 4.64. The van der Waals surface area contributed by atoms with E-state index in [1.54, 1.807) is 29.7 Å². The molecule has 0 atom stereocenters. The third kappa shape index (κ3) is 5.05. The number of aryl methyl sites for hydroxylation is 2. The molecule has 0 aliphatic rings. The summed E-state index contributed by atoms with van der Waals surface area (Å²) in [5, 5.41) is 13.5. The van der Waals surface area contributed by atoms with Crippen molar-refractivity contribution >= 4 is 5.91 Å². The van der Waals surface area contributed by atoms with Crippen molar-refractivity contribution < 1.29 is 14.4 Å². The fourth-order valence-electron chi connectivity index (χ4n) is 3.48. The Morgan fingerprint density at radius 1 is 0.935 bits per heavy atom. The van der Waals surface area contributed by atoms with Crippen molar-refractivity contribution in [1.82, 2.24) is 15.3 Å². The van der Waals surface area contributed by atoms with Crippen LogP contribution in [0.25, 0.3) is 11.3 Å². The summed E-state index contributed by atoms with van der Waals surface area (Å²) in [7, 11) is 0. The highest BCUT2D eigenvalue weighted by molar-refractivity contribution is 5.93. The van der Waals surface area contributed by atoms with E-state index in [9.17, 15) is 9.18 Å². The highest BCUT2D eigenvalue weighted by Gasteiger charge is 2.11. The molecule has 4 rings (SSSR count). The smallest absolute Gasteiger partial charge is 0.274 e. The van der Waals surface area contributed by atoms with Gasteiger partial charge in [-0.15, -0.1) is 0 Å². The Morgan fingerprint density at radius 3 is 2.32 bits per heavy atom. The lowest BCUT2D eigenvalue weighted by Crippen LogP contribution is -2.18. The van der Waals surface area contributed by atoms with Gasteiger partial charge in [-0.25, -0.2) is 9.87 Å². The van der Waals surface area contributed by atoms with Crippen LogP contribution in [0.15, 0.2) is 84.9 Å². The van der Waals surface area contributed by atoms with E-state index in [0.29, 0.717) is 12.1 Å². The second-order valence-corrected chi connectivity index (χ2v) is 7.30. The van der Waals surface area contributed by atoms with Crippen LogP contribution in [0.4, 0.5) is 4.39 Å². The Kier molecular flexibility index (Phi) is 6.19. The summed E-state index contributed by atoms with van der Waals surface area (Å²) in [6.45, 7) is 0.662. The first-order valence-corrected chi connectivity index (χ1v) is 10.0. The van der Waals surface area contributed by atoms with Crippen molar-refractivity contribution in [2.45, 2.75) is 19.4 Å². The first-order chi connectivity index (χ1) is 15.1. The molecule has 1 heterocycles. The first kappa shape index (κ1) is 20.5. The number of halogens is 1. The van der Waals surface area contributed by atoms with Gasteiger partial charge in [0.05, 0.1) is 5.69 Å². The van der Waals surface area contributed by atoms with E-state index in [1.807, 2.05) is 35.0 Å². The average molecular weight is 415 g/mol. The standard InChI is InChI=1S/C25H22FN3O2/c26-22-12-10-20(11-13-22)24-17-23(16-19-4-2-1-3-5-19)29(27-24)15-14-18-6-8-21(9-7-18)25(30)28-31/h1-13,17,31H,14-16H2,(H,28,30). The van der Waals surface area contributed by atoms with Crippen molar-refractivity contribution in [3.63, 3.8) is 0 Å². The van der Waals surface area contributed by atoms with Gasteiger partial charge in [0.15, 0.2) is 0 Å². The summed E-state index contributed by atoms with van der Waals surface area (Å²) in [5.41, 5.74) is 7.02. The summed E-state index contributed by atoms with van der Waals surface area (Å²) >= 11 is 0. The van der Waals surface area contributed by atoms with Gasteiger partial charge in [-0.1, -0.05) is 42.5 Å². The second kappa shape index (κ2) is 9.36. The Bertz CT molecular complexity index is 1150. The molecule has 31 heavy (non-hydrogen) atoms. The van der Waals surface area contributed by atoms with Gasteiger partial charge in [-0.3, -0.25) is 14.7 Å². The number of rotatable bonds is 7. The molecule has 0 saturated heterocycles. The Morgan fingerprint density at radius 2 is 1.65 bits per heavy atom. The molecule has 1 amide bonds. The maximum Gasteiger partial charge on any atom is 0.274 e. The molecule has 0 fully saturated rings. The third-order valence-electron chi connectivity index (χ3n) is 5.16. The highest BCUT2D eigenvalue weighted by atomic mass is 19.1. The minimum Gasteiger partial charge on any atom is -0.288 e. The van der Waals surface area contributed by atoms with Crippen molar-refractivity contribution in [3.8, 4) is 11.3 Å². The third-order valence-corrected chi connectivity index (χ3v) is 5.16. The van der Waals surface area contributed by atoms with Crippen LogP contribution in [0, 0.1) is 5.82 Å². The lowest BCUT2D eigenvalue weighted by Gasteiger charge is -2.08. The number of nitrogens with zero attached hydrogens (tertiary/aromatic N) is 2. The molecule has 6 heteroatoms. The fraction of sp³-hybridized carbons (Fsp3) is 0.120. The zero-order chi connectivity index (χ0) is 21.6. The number of hydroxylamine groups is 1. The molecule has 0 radical (unpaired) electrons. The van der Waals surface area contributed by atoms with Crippen molar-refractivity contribution in [1.29, 1.82) is 0 Å². The molecule has 1 aromatic heterocycles. The highest BCUT2D eigenvalue weighted by Crippen LogP contribution is 2.22. The van der Waals surface area contributed by atoms with Crippen LogP contribution >= 0.6 is 0 Å². The number of amides is 1. The maximum absolute atomic E-state index is 13.3. The maximum atomic E-state index is 13.3. The number of carbonyl (C=O) groups is 1. The molecule has 0 unspecified atom stereocenters. The van der Waals surface area contributed by atoms with E-state index in [0.717, 1.165) is 35.4 Å². The van der Waals surface area contributed by atoms with Crippen molar-refractivity contribution in [2.75, 3.05) is 0 Å². The summed E-state index contributed by atoms with van der Waals surface area (Å²) in [6, 6.07) is 25.7. The average Bonchev–Trinajstić information content (AvgIpc) is 3.21. The molecule has 156 valence electrons. The van der Waals surface area contributed by atoms with Gasteiger partial charge in [-0.2, -0.15) is 5.10 Å². The normalized spacial score (nSPS) is 10.8. The van der Waals surface area contributed by atoms with Crippen molar-refractivity contribution in [2.24, 2.45) is 0 Å². The van der Waals surface area contributed by atoms with Gasteiger partial charge in [0.1, 0.15) is 5.82 Å². The Hall–Kier alpha value is -3.77. The number of benzene rings is 3. The molecule has 0 spiro atoms. The van der Waals surface area contributed by atoms with Crippen LogP contribution in [0.5, 0.6) is 0 Å². The van der Waals surface area contributed by atoms with E-state index >= 15 is 0 Å². The predicted molar refractivity (Wildman–Crippen MR) is 116 cm³/mol. The van der Waals surface area contributed by atoms with E-state index in [2.05, 4.69) is 18.2 Å². The Balaban J connectivity index is 1.57. The zero-order valence-corrected chi connectivity index (χ0v) is 16.8. The topological polar surface area (TPSA) is 67.2 Å². The van der Waals surface area contributed by atoms with E-state index in [1.165, 1.54) is 17.7 Å². The summed E-state index contributed by atoms with van der Waals surface area (Å²) in [6.07, 6.45) is 1.47. The fourth-order valence-corrected chi connectivity index (χ4v) is 3.48. The summed E-state index contributed by atoms with van der Waals surface area (Å²) < 4.78 is 15.3. The number of hydrogen-bond acceptors (Lipinski definition) is 3. The van der Waals surface area contributed by atoms with Gasteiger partial charge in [0, 0.05) is 29.8 Å². The van der Waals surface area contributed by atoms with E-state index in [4.69, 9.17) is 10.3 Å². The molecular formula is C25H22FN3O2. The quantitative estimate of drug-likeness (QED) is 0.341.